The Morgan fingerprint density at radius 3 is 3.00 bits per heavy atom. The molecule has 0 amide bonds. The molecule has 126 valence electrons. The lowest BCUT2D eigenvalue weighted by Gasteiger charge is -2.24. The Morgan fingerprint density at radius 2 is 2.36 bits per heavy atom. The lowest BCUT2D eigenvalue weighted by Crippen LogP contribution is -2.45. The van der Waals surface area contributed by atoms with E-state index in [0.717, 1.165) is 37.7 Å². The monoisotopic (exact) mass is 437 g/mol. The van der Waals surface area contributed by atoms with Crippen molar-refractivity contribution in [3.63, 3.8) is 0 Å². The van der Waals surface area contributed by atoms with Crippen LogP contribution in [0.1, 0.15) is 31.5 Å². The molecule has 0 spiro atoms. The molecule has 7 heteroatoms. The lowest BCUT2D eigenvalue weighted by atomic mass is 10.2. The summed E-state index contributed by atoms with van der Waals surface area (Å²) in [5.74, 6) is 4.54. The summed E-state index contributed by atoms with van der Waals surface area (Å²) in [4.78, 5) is 8.55. The number of halogens is 1. The summed E-state index contributed by atoms with van der Waals surface area (Å²) < 4.78 is 2.20. The molecule has 1 aliphatic rings. The molecule has 1 aromatic rings. The Balaban J connectivity index is 0.00000242. The van der Waals surface area contributed by atoms with Gasteiger partial charge in [-0.15, -0.1) is 24.0 Å². The largest absolute Gasteiger partial charge is 0.356 e. The smallest absolute Gasteiger partial charge is 0.191 e. The van der Waals surface area contributed by atoms with Gasteiger partial charge >= 0.3 is 0 Å². The number of thioether (sulfide) groups is 1. The van der Waals surface area contributed by atoms with Gasteiger partial charge in [-0.2, -0.15) is 11.8 Å². The molecular formula is C15H28IN5S. The first-order chi connectivity index (χ1) is 10.3. The molecule has 1 saturated heterocycles. The van der Waals surface area contributed by atoms with Crippen LogP contribution in [0.2, 0.25) is 0 Å². The molecule has 0 aromatic carbocycles. The van der Waals surface area contributed by atoms with Gasteiger partial charge in [-0.25, -0.2) is 4.98 Å². The average molecular weight is 437 g/mol. The zero-order chi connectivity index (χ0) is 14.9. The number of hydrogen-bond donors (Lipinski definition) is 2. The topological polar surface area (TPSA) is 54.2 Å². The molecule has 2 N–H and O–H groups in total. The minimum Gasteiger partial charge on any atom is -0.356 e. The van der Waals surface area contributed by atoms with Crippen molar-refractivity contribution in [1.82, 2.24) is 20.2 Å². The summed E-state index contributed by atoms with van der Waals surface area (Å²) in [7, 11) is 1.85. The molecule has 0 aliphatic carbocycles. The number of aromatic nitrogens is 2. The van der Waals surface area contributed by atoms with Crippen LogP contribution in [0.5, 0.6) is 0 Å². The second kappa shape index (κ2) is 11.2. The summed E-state index contributed by atoms with van der Waals surface area (Å²) in [6, 6.07) is 0.573. The van der Waals surface area contributed by atoms with Crippen LogP contribution in [-0.4, -0.2) is 46.7 Å². The van der Waals surface area contributed by atoms with E-state index in [-0.39, 0.29) is 24.0 Å². The van der Waals surface area contributed by atoms with Gasteiger partial charge in [0.1, 0.15) is 5.82 Å². The minimum atomic E-state index is 0. The van der Waals surface area contributed by atoms with Crippen LogP contribution >= 0.6 is 35.7 Å². The average Bonchev–Trinajstić information content (AvgIpc) is 2.92. The van der Waals surface area contributed by atoms with Gasteiger partial charge < -0.3 is 15.2 Å². The molecule has 2 heterocycles. The number of aliphatic imine (C=N–C) groups is 1. The lowest BCUT2D eigenvalue weighted by molar-refractivity contribution is 0.567. The Hall–Kier alpha value is -0.440. The zero-order valence-electron chi connectivity index (χ0n) is 13.5. The summed E-state index contributed by atoms with van der Waals surface area (Å²) in [6.07, 6.45) is 8.76. The fourth-order valence-electron chi connectivity index (χ4n) is 2.50. The molecular weight excluding hydrogens is 409 g/mol. The van der Waals surface area contributed by atoms with Crippen LogP contribution < -0.4 is 10.6 Å². The van der Waals surface area contributed by atoms with Crippen LogP contribution in [0.3, 0.4) is 0 Å². The molecule has 0 saturated carbocycles. The van der Waals surface area contributed by atoms with Gasteiger partial charge in [0, 0.05) is 44.3 Å². The second-order valence-corrected chi connectivity index (χ2v) is 6.58. The van der Waals surface area contributed by atoms with Crippen LogP contribution in [-0.2, 0) is 6.54 Å². The van der Waals surface area contributed by atoms with E-state index in [1.807, 2.05) is 38.1 Å². The highest BCUT2D eigenvalue weighted by atomic mass is 127. The quantitative estimate of drug-likeness (QED) is 0.311. The number of unbranched alkanes of at least 4 members (excludes halogenated alkanes) is 1. The van der Waals surface area contributed by atoms with Crippen molar-refractivity contribution in [1.29, 1.82) is 0 Å². The summed E-state index contributed by atoms with van der Waals surface area (Å²) in [5, 5.41) is 6.94. The van der Waals surface area contributed by atoms with Gasteiger partial charge in [-0.05, 0) is 38.4 Å². The van der Waals surface area contributed by atoms with Crippen molar-refractivity contribution in [2.24, 2.45) is 4.99 Å². The number of rotatable bonds is 6. The third-order valence-corrected chi connectivity index (χ3v) is 4.98. The van der Waals surface area contributed by atoms with Gasteiger partial charge in [0.05, 0.1) is 0 Å². The van der Waals surface area contributed by atoms with Crippen LogP contribution in [0.4, 0.5) is 0 Å². The van der Waals surface area contributed by atoms with Crippen molar-refractivity contribution in [2.45, 2.75) is 45.2 Å². The molecule has 1 atom stereocenters. The molecule has 1 aromatic heterocycles. The van der Waals surface area contributed by atoms with E-state index in [9.17, 15) is 0 Å². The minimum absolute atomic E-state index is 0. The Morgan fingerprint density at radius 1 is 1.50 bits per heavy atom. The van der Waals surface area contributed by atoms with Crippen molar-refractivity contribution in [3.8, 4) is 0 Å². The predicted octanol–water partition coefficient (Wildman–Crippen LogP) is 2.65. The van der Waals surface area contributed by atoms with Crippen molar-refractivity contribution in [3.05, 3.63) is 18.2 Å². The summed E-state index contributed by atoms with van der Waals surface area (Å²) >= 11 is 2.03. The van der Waals surface area contributed by atoms with Gasteiger partial charge in [0.25, 0.3) is 0 Å². The Bertz CT molecular complexity index is 443. The molecule has 1 unspecified atom stereocenters. The maximum atomic E-state index is 4.31. The van der Waals surface area contributed by atoms with Crippen LogP contribution in [0.15, 0.2) is 17.4 Å². The van der Waals surface area contributed by atoms with Crippen molar-refractivity contribution in [2.75, 3.05) is 25.1 Å². The molecule has 22 heavy (non-hydrogen) atoms. The number of imidazole rings is 1. The first kappa shape index (κ1) is 19.6. The number of nitrogens with one attached hydrogen (secondary N) is 2. The molecule has 1 fully saturated rings. The molecule has 0 radical (unpaired) electrons. The number of guanidine groups is 1. The second-order valence-electron chi connectivity index (χ2n) is 5.43. The summed E-state index contributed by atoms with van der Waals surface area (Å²) in [6.45, 7) is 4.05. The third-order valence-electron chi connectivity index (χ3n) is 3.77. The maximum Gasteiger partial charge on any atom is 0.191 e. The predicted molar refractivity (Wildman–Crippen MR) is 106 cm³/mol. The van der Waals surface area contributed by atoms with E-state index in [4.69, 9.17) is 0 Å². The van der Waals surface area contributed by atoms with Crippen LogP contribution in [0, 0.1) is 6.92 Å². The highest BCUT2D eigenvalue weighted by Crippen LogP contribution is 2.16. The molecule has 0 bridgehead atoms. The zero-order valence-corrected chi connectivity index (χ0v) is 16.7. The highest BCUT2D eigenvalue weighted by Gasteiger charge is 2.14. The van der Waals surface area contributed by atoms with E-state index in [2.05, 4.69) is 25.2 Å². The normalized spacial score (nSPS) is 18.6. The van der Waals surface area contributed by atoms with E-state index >= 15 is 0 Å². The third kappa shape index (κ3) is 6.76. The van der Waals surface area contributed by atoms with Gasteiger partial charge in [0.2, 0.25) is 0 Å². The molecule has 2 rings (SSSR count). The van der Waals surface area contributed by atoms with Crippen molar-refractivity contribution >= 4 is 41.7 Å². The van der Waals surface area contributed by atoms with Gasteiger partial charge in [0.15, 0.2) is 5.96 Å². The number of nitrogens with zero attached hydrogens (tertiary/aromatic N) is 3. The first-order valence-electron chi connectivity index (χ1n) is 7.82. The van der Waals surface area contributed by atoms with Gasteiger partial charge in [-0.1, -0.05) is 0 Å². The van der Waals surface area contributed by atoms with E-state index in [1.165, 1.54) is 24.3 Å². The Labute approximate surface area is 155 Å². The van der Waals surface area contributed by atoms with Crippen LogP contribution in [0.25, 0.3) is 0 Å². The first-order valence-corrected chi connectivity index (χ1v) is 8.97. The van der Waals surface area contributed by atoms with E-state index < -0.39 is 0 Å². The fraction of sp³-hybridized carbons (Fsp3) is 0.733. The SMILES string of the molecule is CN=C(NCCCCn1ccnc1C)NC1CCCSC1.I. The Kier molecular flexibility index (Phi) is 9.94. The number of hydrogen-bond acceptors (Lipinski definition) is 3. The van der Waals surface area contributed by atoms with E-state index in [1.54, 1.807) is 0 Å². The summed E-state index contributed by atoms with van der Waals surface area (Å²) in [5.41, 5.74) is 0. The molecule has 1 aliphatic heterocycles. The highest BCUT2D eigenvalue weighted by molar-refractivity contribution is 14.0. The molecule has 5 nitrogen and oxygen atoms in total. The maximum absolute atomic E-state index is 4.31. The van der Waals surface area contributed by atoms with Crippen molar-refractivity contribution < 1.29 is 0 Å². The standard InChI is InChI=1S/C15H27N5S.HI/c1-13-17-8-10-20(13)9-4-3-7-18-15(16-2)19-14-6-5-11-21-12-14;/h8,10,14H,3-7,9,11-12H2,1-2H3,(H2,16,18,19);1H. The fourth-order valence-corrected chi connectivity index (χ4v) is 3.57. The number of aryl methyl sites for hydroxylation is 2. The van der Waals surface area contributed by atoms with E-state index in [0.29, 0.717) is 6.04 Å². The van der Waals surface area contributed by atoms with Gasteiger partial charge in [-0.3, -0.25) is 4.99 Å².